The third-order valence-corrected chi connectivity index (χ3v) is 3.78. The van der Waals surface area contributed by atoms with Gasteiger partial charge in [-0.2, -0.15) is 0 Å². The Balaban J connectivity index is 1.96. The summed E-state index contributed by atoms with van der Waals surface area (Å²) in [5.74, 6) is 0. The SMILES string of the molecule is CC(C)(CN)CN1CCOC2CCCC21. The summed E-state index contributed by atoms with van der Waals surface area (Å²) in [4.78, 5) is 2.61. The molecule has 0 radical (unpaired) electrons. The summed E-state index contributed by atoms with van der Waals surface area (Å²) in [6.07, 6.45) is 4.40. The van der Waals surface area contributed by atoms with Gasteiger partial charge in [0.25, 0.3) is 0 Å². The van der Waals surface area contributed by atoms with Gasteiger partial charge >= 0.3 is 0 Å². The van der Waals surface area contributed by atoms with E-state index in [-0.39, 0.29) is 5.41 Å². The van der Waals surface area contributed by atoms with E-state index >= 15 is 0 Å². The van der Waals surface area contributed by atoms with E-state index in [0.29, 0.717) is 12.1 Å². The molecule has 1 aliphatic carbocycles. The predicted molar refractivity (Wildman–Crippen MR) is 61.8 cm³/mol. The van der Waals surface area contributed by atoms with Crippen molar-refractivity contribution < 1.29 is 4.74 Å². The maximum atomic E-state index is 5.81. The molecule has 0 aromatic rings. The van der Waals surface area contributed by atoms with Gasteiger partial charge < -0.3 is 10.5 Å². The third-order valence-electron chi connectivity index (χ3n) is 3.78. The normalized spacial score (nSPS) is 33.0. The van der Waals surface area contributed by atoms with Crippen LogP contribution < -0.4 is 5.73 Å². The van der Waals surface area contributed by atoms with Crippen LogP contribution in [0, 0.1) is 5.41 Å². The van der Waals surface area contributed by atoms with Gasteiger partial charge in [0.1, 0.15) is 0 Å². The molecule has 1 saturated carbocycles. The first-order valence-corrected chi connectivity index (χ1v) is 6.18. The molecule has 15 heavy (non-hydrogen) atoms. The van der Waals surface area contributed by atoms with Crippen molar-refractivity contribution in [2.75, 3.05) is 26.2 Å². The van der Waals surface area contributed by atoms with Crippen LogP contribution in [0.2, 0.25) is 0 Å². The summed E-state index contributed by atoms with van der Waals surface area (Å²) in [5, 5.41) is 0. The predicted octanol–water partition coefficient (Wildman–Crippen LogP) is 1.22. The molecule has 3 nitrogen and oxygen atoms in total. The quantitative estimate of drug-likeness (QED) is 0.764. The number of nitrogens with two attached hydrogens (primary N) is 1. The fourth-order valence-electron chi connectivity index (χ4n) is 2.82. The number of fused-ring (bicyclic) bond motifs is 1. The maximum Gasteiger partial charge on any atom is 0.0730 e. The van der Waals surface area contributed by atoms with Crippen molar-refractivity contribution in [2.45, 2.75) is 45.3 Å². The zero-order chi connectivity index (χ0) is 10.9. The third kappa shape index (κ3) is 2.52. The van der Waals surface area contributed by atoms with E-state index in [1.165, 1.54) is 19.3 Å². The molecule has 0 aromatic carbocycles. The molecule has 2 unspecified atom stereocenters. The van der Waals surface area contributed by atoms with Crippen LogP contribution in [0.3, 0.4) is 0 Å². The lowest BCUT2D eigenvalue weighted by molar-refractivity contribution is -0.0652. The van der Waals surface area contributed by atoms with Crippen molar-refractivity contribution in [1.82, 2.24) is 4.90 Å². The van der Waals surface area contributed by atoms with E-state index in [1.807, 2.05) is 0 Å². The van der Waals surface area contributed by atoms with Crippen molar-refractivity contribution in [3.05, 3.63) is 0 Å². The molecule has 1 heterocycles. The fraction of sp³-hybridized carbons (Fsp3) is 1.00. The smallest absolute Gasteiger partial charge is 0.0730 e. The number of nitrogens with zero attached hydrogens (tertiary/aromatic N) is 1. The van der Waals surface area contributed by atoms with Crippen LogP contribution in [-0.4, -0.2) is 43.3 Å². The van der Waals surface area contributed by atoms with Crippen LogP contribution in [-0.2, 0) is 4.74 Å². The van der Waals surface area contributed by atoms with Gasteiger partial charge in [-0.25, -0.2) is 0 Å². The molecule has 0 spiro atoms. The first-order valence-electron chi connectivity index (χ1n) is 6.18. The molecular formula is C12H24N2O. The van der Waals surface area contributed by atoms with Crippen LogP contribution in [0.15, 0.2) is 0 Å². The average Bonchev–Trinajstić information content (AvgIpc) is 2.66. The van der Waals surface area contributed by atoms with E-state index in [0.717, 1.165) is 26.2 Å². The first-order chi connectivity index (χ1) is 7.12. The van der Waals surface area contributed by atoms with Gasteiger partial charge in [0.15, 0.2) is 0 Å². The second-order valence-electron chi connectivity index (χ2n) is 5.75. The zero-order valence-electron chi connectivity index (χ0n) is 10.0. The van der Waals surface area contributed by atoms with Gasteiger partial charge in [-0.05, 0) is 31.2 Å². The van der Waals surface area contributed by atoms with Crippen LogP contribution in [0.1, 0.15) is 33.1 Å². The van der Waals surface area contributed by atoms with E-state index in [4.69, 9.17) is 10.5 Å². The van der Waals surface area contributed by atoms with E-state index in [9.17, 15) is 0 Å². The van der Waals surface area contributed by atoms with Crippen LogP contribution in [0.4, 0.5) is 0 Å². The van der Waals surface area contributed by atoms with E-state index in [2.05, 4.69) is 18.7 Å². The summed E-state index contributed by atoms with van der Waals surface area (Å²) in [6, 6.07) is 0.671. The molecule has 2 fully saturated rings. The van der Waals surface area contributed by atoms with Gasteiger partial charge in [-0.1, -0.05) is 13.8 Å². The molecule has 2 aliphatic rings. The second kappa shape index (κ2) is 4.40. The topological polar surface area (TPSA) is 38.5 Å². The lowest BCUT2D eigenvalue weighted by Gasteiger charge is -2.41. The number of morpholine rings is 1. The summed E-state index contributed by atoms with van der Waals surface area (Å²) in [7, 11) is 0. The highest BCUT2D eigenvalue weighted by atomic mass is 16.5. The van der Waals surface area contributed by atoms with Crippen molar-refractivity contribution in [3.8, 4) is 0 Å². The fourth-order valence-corrected chi connectivity index (χ4v) is 2.82. The minimum atomic E-state index is 0.241. The summed E-state index contributed by atoms with van der Waals surface area (Å²) >= 11 is 0. The minimum absolute atomic E-state index is 0.241. The number of ether oxygens (including phenoxy) is 1. The summed E-state index contributed by atoms with van der Waals surface area (Å²) in [6.45, 7) is 8.39. The molecule has 0 aromatic heterocycles. The molecule has 2 N–H and O–H groups in total. The van der Waals surface area contributed by atoms with Gasteiger partial charge in [0, 0.05) is 19.1 Å². The Morgan fingerprint density at radius 3 is 2.93 bits per heavy atom. The lowest BCUT2D eigenvalue weighted by Crippen LogP contribution is -2.52. The Morgan fingerprint density at radius 2 is 2.20 bits per heavy atom. The highest BCUT2D eigenvalue weighted by Crippen LogP contribution is 2.31. The van der Waals surface area contributed by atoms with Crippen molar-refractivity contribution in [2.24, 2.45) is 11.1 Å². The number of hydrogen-bond donors (Lipinski definition) is 1. The summed E-state index contributed by atoms with van der Waals surface area (Å²) < 4.78 is 5.81. The Kier molecular flexibility index (Phi) is 3.33. The van der Waals surface area contributed by atoms with Crippen molar-refractivity contribution >= 4 is 0 Å². The molecule has 0 bridgehead atoms. The Hall–Kier alpha value is -0.120. The molecule has 3 heteroatoms. The number of hydrogen-bond acceptors (Lipinski definition) is 3. The molecule has 1 saturated heterocycles. The molecule has 1 aliphatic heterocycles. The van der Waals surface area contributed by atoms with Crippen molar-refractivity contribution in [1.29, 1.82) is 0 Å². The van der Waals surface area contributed by atoms with Gasteiger partial charge in [0.05, 0.1) is 12.7 Å². The Labute approximate surface area is 93.0 Å². The maximum absolute atomic E-state index is 5.81. The highest BCUT2D eigenvalue weighted by Gasteiger charge is 2.37. The molecule has 2 atom stereocenters. The van der Waals surface area contributed by atoms with Gasteiger partial charge in [0.2, 0.25) is 0 Å². The second-order valence-corrected chi connectivity index (χ2v) is 5.75. The van der Waals surface area contributed by atoms with Crippen molar-refractivity contribution in [3.63, 3.8) is 0 Å². The first kappa shape index (κ1) is 11.4. The average molecular weight is 212 g/mol. The molecular weight excluding hydrogens is 188 g/mol. The highest BCUT2D eigenvalue weighted by molar-refractivity contribution is 4.91. The minimum Gasteiger partial charge on any atom is -0.375 e. The zero-order valence-corrected chi connectivity index (χ0v) is 10.0. The van der Waals surface area contributed by atoms with Gasteiger partial charge in [-0.15, -0.1) is 0 Å². The monoisotopic (exact) mass is 212 g/mol. The lowest BCUT2D eigenvalue weighted by atomic mass is 9.92. The number of rotatable bonds is 3. The molecule has 2 rings (SSSR count). The van der Waals surface area contributed by atoms with E-state index in [1.54, 1.807) is 0 Å². The Bertz CT molecular complexity index is 218. The van der Waals surface area contributed by atoms with Crippen LogP contribution in [0.25, 0.3) is 0 Å². The molecule has 0 amide bonds. The summed E-state index contributed by atoms with van der Waals surface area (Å²) in [5.41, 5.74) is 6.04. The van der Waals surface area contributed by atoms with E-state index < -0.39 is 0 Å². The van der Waals surface area contributed by atoms with Gasteiger partial charge in [-0.3, -0.25) is 4.90 Å². The van der Waals surface area contributed by atoms with Crippen LogP contribution >= 0.6 is 0 Å². The Morgan fingerprint density at radius 1 is 1.40 bits per heavy atom. The molecule has 88 valence electrons. The van der Waals surface area contributed by atoms with Crippen LogP contribution in [0.5, 0.6) is 0 Å². The largest absolute Gasteiger partial charge is 0.375 e. The standard InChI is InChI=1S/C12H24N2O/c1-12(2,8-13)9-14-6-7-15-11-5-3-4-10(11)14/h10-11H,3-9,13H2,1-2H3.